The van der Waals surface area contributed by atoms with Crippen LogP contribution < -0.4 is 5.32 Å². The topological polar surface area (TPSA) is 37.8 Å². The van der Waals surface area contributed by atoms with Crippen LogP contribution >= 0.6 is 15.9 Å². The Balaban J connectivity index is 1.95. The van der Waals surface area contributed by atoms with E-state index in [4.69, 9.17) is 9.97 Å². The molecular weight excluding hydrogens is 314 g/mol. The molecule has 20 heavy (non-hydrogen) atoms. The Kier molecular flexibility index (Phi) is 4.59. The van der Waals surface area contributed by atoms with Gasteiger partial charge >= 0.3 is 0 Å². The van der Waals surface area contributed by atoms with Crippen LogP contribution in [-0.4, -0.2) is 17.0 Å². The minimum atomic E-state index is 0.573. The maximum absolute atomic E-state index is 4.99. The van der Waals surface area contributed by atoms with Crippen molar-refractivity contribution in [1.82, 2.24) is 9.97 Å². The Morgan fingerprint density at radius 3 is 2.15 bits per heavy atom. The van der Waals surface area contributed by atoms with Crippen LogP contribution in [0.1, 0.15) is 81.1 Å². The summed E-state index contributed by atoms with van der Waals surface area (Å²) in [6.45, 7) is 0. The maximum Gasteiger partial charge on any atom is 0.144 e. The number of rotatable bonds is 3. The minimum Gasteiger partial charge on any atom is -0.372 e. The van der Waals surface area contributed by atoms with Gasteiger partial charge in [-0.2, -0.15) is 0 Å². The molecule has 1 aromatic rings. The molecule has 2 saturated carbocycles. The number of hydrogen-bond donors (Lipinski definition) is 1. The van der Waals surface area contributed by atoms with Crippen molar-refractivity contribution in [3.63, 3.8) is 0 Å². The molecule has 0 unspecified atom stereocenters. The third-order valence-electron chi connectivity index (χ3n) is 4.84. The van der Waals surface area contributed by atoms with Crippen LogP contribution in [0.4, 0.5) is 5.82 Å². The van der Waals surface area contributed by atoms with E-state index in [0.29, 0.717) is 11.8 Å². The van der Waals surface area contributed by atoms with E-state index in [1.54, 1.807) is 0 Å². The third kappa shape index (κ3) is 2.85. The highest BCUT2D eigenvalue weighted by Crippen LogP contribution is 2.40. The molecule has 0 saturated heterocycles. The van der Waals surface area contributed by atoms with E-state index in [1.807, 2.05) is 7.05 Å². The second-order valence-corrected chi connectivity index (χ2v) is 6.99. The average Bonchev–Trinajstić information content (AvgIpc) is 3.02. The molecule has 0 atom stereocenters. The van der Waals surface area contributed by atoms with Gasteiger partial charge in [-0.15, -0.1) is 0 Å². The van der Waals surface area contributed by atoms with Gasteiger partial charge in [-0.3, -0.25) is 0 Å². The van der Waals surface area contributed by atoms with E-state index in [2.05, 4.69) is 21.2 Å². The first-order chi connectivity index (χ1) is 9.79. The lowest BCUT2D eigenvalue weighted by atomic mass is 9.88. The van der Waals surface area contributed by atoms with Gasteiger partial charge in [0.15, 0.2) is 0 Å². The number of nitrogens with zero attached hydrogens (tertiary/aromatic N) is 2. The van der Waals surface area contributed by atoms with E-state index in [-0.39, 0.29) is 0 Å². The van der Waals surface area contributed by atoms with Gasteiger partial charge in [-0.05, 0) is 41.6 Å². The van der Waals surface area contributed by atoms with E-state index in [0.717, 1.165) is 16.1 Å². The molecule has 0 bridgehead atoms. The number of nitrogens with one attached hydrogen (secondary N) is 1. The molecule has 0 aliphatic heterocycles. The van der Waals surface area contributed by atoms with Crippen LogP contribution in [0.25, 0.3) is 0 Å². The average molecular weight is 338 g/mol. The van der Waals surface area contributed by atoms with Crippen LogP contribution in [0.5, 0.6) is 0 Å². The standard InChI is InChI=1S/C16H24BrN3/c1-18-16-13(17)14(11-7-5-6-8-11)19-15(20-16)12-9-3-2-4-10-12/h11-12H,2-10H2,1H3,(H,18,19,20). The van der Waals surface area contributed by atoms with Crippen molar-refractivity contribution in [3.8, 4) is 0 Å². The molecule has 110 valence electrons. The van der Waals surface area contributed by atoms with Gasteiger partial charge in [0.05, 0.1) is 10.2 Å². The zero-order valence-corrected chi connectivity index (χ0v) is 13.9. The molecule has 1 N–H and O–H groups in total. The monoisotopic (exact) mass is 337 g/mol. The van der Waals surface area contributed by atoms with Crippen LogP contribution in [0.2, 0.25) is 0 Å². The molecule has 0 aromatic carbocycles. The van der Waals surface area contributed by atoms with Crippen molar-refractivity contribution in [2.45, 2.75) is 69.6 Å². The lowest BCUT2D eigenvalue weighted by Gasteiger charge is -2.23. The summed E-state index contributed by atoms with van der Waals surface area (Å²) in [5.41, 5.74) is 1.25. The van der Waals surface area contributed by atoms with E-state index in [9.17, 15) is 0 Å². The molecular formula is C16H24BrN3. The molecule has 3 nitrogen and oxygen atoms in total. The number of aromatic nitrogens is 2. The molecule has 1 aromatic heterocycles. The molecule has 0 amide bonds. The van der Waals surface area contributed by atoms with Crippen LogP contribution in [-0.2, 0) is 0 Å². The summed E-state index contributed by atoms with van der Waals surface area (Å²) in [4.78, 5) is 9.77. The molecule has 2 aliphatic carbocycles. The Morgan fingerprint density at radius 1 is 0.900 bits per heavy atom. The van der Waals surface area contributed by atoms with Crippen molar-refractivity contribution in [1.29, 1.82) is 0 Å². The summed E-state index contributed by atoms with van der Waals surface area (Å²) in [5.74, 6) is 3.26. The molecule has 4 heteroatoms. The normalized spacial score (nSPS) is 21.3. The first kappa shape index (κ1) is 14.3. The molecule has 3 rings (SSSR count). The predicted octanol–water partition coefficient (Wildman–Crippen LogP) is 4.99. The van der Waals surface area contributed by atoms with Gasteiger partial charge in [0.1, 0.15) is 11.6 Å². The summed E-state index contributed by atoms with van der Waals surface area (Å²) in [5, 5.41) is 3.24. The van der Waals surface area contributed by atoms with E-state index in [1.165, 1.54) is 63.5 Å². The largest absolute Gasteiger partial charge is 0.372 e. The zero-order valence-electron chi connectivity index (χ0n) is 12.3. The van der Waals surface area contributed by atoms with Crippen LogP contribution in [0, 0.1) is 0 Å². The molecule has 1 heterocycles. The van der Waals surface area contributed by atoms with Gasteiger partial charge in [-0.1, -0.05) is 32.1 Å². The highest BCUT2D eigenvalue weighted by atomic mass is 79.9. The summed E-state index contributed by atoms with van der Waals surface area (Å²) < 4.78 is 1.09. The van der Waals surface area contributed by atoms with E-state index >= 15 is 0 Å². The minimum absolute atomic E-state index is 0.573. The quantitative estimate of drug-likeness (QED) is 0.844. The summed E-state index contributed by atoms with van der Waals surface area (Å²) in [7, 11) is 1.95. The Hall–Kier alpha value is -0.640. The number of hydrogen-bond acceptors (Lipinski definition) is 3. The maximum atomic E-state index is 4.99. The van der Waals surface area contributed by atoms with Crippen molar-refractivity contribution in [2.24, 2.45) is 0 Å². The smallest absolute Gasteiger partial charge is 0.144 e. The van der Waals surface area contributed by atoms with E-state index < -0.39 is 0 Å². The predicted molar refractivity (Wildman–Crippen MR) is 86.3 cm³/mol. The number of anilines is 1. The fraction of sp³-hybridized carbons (Fsp3) is 0.750. The van der Waals surface area contributed by atoms with Gasteiger partial charge in [-0.25, -0.2) is 9.97 Å². The van der Waals surface area contributed by atoms with Gasteiger partial charge in [0.25, 0.3) is 0 Å². The van der Waals surface area contributed by atoms with Crippen molar-refractivity contribution < 1.29 is 0 Å². The Morgan fingerprint density at radius 2 is 1.50 bits per heavy atom. The van der Waals surface area contributed by atoms with Crippen molar-refractivity contribution in [3.05, 3.63) is 16.0 Å². The molecule has 2 aliphatic rings. The molecule has 0 radical (unpaired) electrons. The lowest BCUT2D eigenvalue weighted by molar-refractivity contribution is 0.427. The fourth-order valence-electron chi connectivity index (χ4n) is 3.66. The molecule has 0 spiro atoms. The summed E-state index contributed by atoms with van der Waals surface area (Å²) >= 11 is 3.72. The first-order valence-electron chi connectivity index (χ1n) is 8.04. The highest BCUT2D eigenvalue weighted by molar-refractivity contribution is 9.10. The van der Waals surface area contributed by atoms with Crippen molar-refractivity contribution in [2.75, 3.05) is 12.4 Å². The summed E-state index contributed by atoms with van der Waals surface area (Å²) in [6, 6.07) is 0. The molecule has 2 fully saturated rings. The Labute approximate surface area is 130 Å². The van der Waals surface area contributed by atoms with Gasteiger partial charge in [0.2, 0.25) is 0 Å². The third-order valence-corrected chi connectivity index (χ3v) is 5.62. The SMILES string of the molecule is CNc1nc(C2CCCCC2)nc(C2CCCC2)c1Br. The number of halogens is 1. The Bertz CT molecular complexity index is 463. The van der Waals surface area contributed by atoms with Crippen LogP contribution in [0.15, 0.2) is 4.47 Å². The second kappa shape index (κ2) is 6.42. The van der Waals surface area contributed by atoms with Crippen molar-refractivity contribution >= 4 is 21.7 Å². The lowest BCUT2D eigenvalue weighted by Crippen LogP contribution is -2.13. The first-order valence-corrected chi connectivity index (χ1v) is 8.84. The fourth-order valence-corrected chi connectivity index (χ4v) is 4.36. The van der Waals surface area contributed by atoms with Gasteiger partial charge in [0, 0.05) is 18.9 Å². The van der Waals surface area contributed by atoms with Gasteiger partial charge < -0.3 is 5.32 Å². The van der Waals surface area contributed by atoms with Crippen LogP contribution in [0.3, 0.4) is 0 Å². The zero-order chi connectivity index (χ0) is 13.9. The second-order valence-electron chi connectivity index (χ2n) is 6.20. The highest BCUT2D eigenvalue weighted by Gasteiger charge is 2.26. The summed E-state index contributed by atoms with van der Waals surface area (Å²) in [6.07, 6.45) is 11.8.